The first-order valence-corrected chi connectivity index (χ1v) is 3.67. The Hall–Kier alpha value is -1.03. The van der Waals surface area contributed by atoms with Crippen molar-refractivity contribution in [2.45, 2.75) is 0 Å². The average Bonchev–Trinajstić information content (AvgIpc) is 2.12. The number of nitrogens with zero attached hydrogens (tertiary/aromatic N) is 1. The first kappa shape index (κ1) is 13.0. The van der Waals surface area contributed by atoms with Crippen molar-refractivity contribution in [3.05, 3.63) is 30.5 Å². The molecule has 1 aromatic carbocycles. The maximum absolute atomic E-state index is 9.41. The van der Waals surface area contributed by atoms with Gasteiger partial charge in [-0.3, -0.25) is 4.98 Å². The summed E-state index contributed by atoms with van der Waals surface area (Å²) in [5.74, 6) is 0.206. The minimum absolute atomic E-state index is 0. The molecule has 3 nitrogen and oxygen atoms in total. The first-order valence-electron chi connectivity index (χ1n) is 3.67. The molecule has 0 amide bonds. The van der Waals surface area contributed by atoms with Gasteiger partial charge < -0.3 is 35.7 Å². The van der Waals surface area contributed by atoms with Gasteiger partial charge in [-0.1, -0.05) is 0 Å². The SMILES string of the molecule is [Cl-].[Cl-].[NH3+]c1ccc(O)c2ncccc12. The fourth-order valence-electron chi connectivity index (χ4n) is 1.22. The van der Waals surface area contributed by atoms with E-state index in [0.717, 1.165) is 11.1 Å². The van der Waals surface area contributed by atoms with E-state index in [2.05, 4.69) is 10.7 Å². The maximum atomic E-state index is 9.41. The third kappa shape index (κ3) is 2.07. The van der Waals surface area contributed by atoms with E-state index < -0.39 is 0 Å². The van der Waals surface area contributed by atoms with Crippen molar-refractivity contribution in [1.29, 1.82) is 0 Å². The predicted molar refractivity (Wildman–Crippen MR) is 46.0 cm³/mol. The fraction of sp³-hybridized carbons (Fsp3) is 0. The van der Waals surface area contributed by atoms with Crippen LogP contribution in [0.1, 0.15) is 0 Å². The number of aromatic nitrogens is 1. The molecule has 0 unspecified atom stereocenters. The molecule has 0 fully saturated rings. The quantitative estimate of drug-likeness (QED) is 0.477. The van der Waals surface area contributed by atoms with Crippen molar-refractivity contribution < 1.29 is 35.7 Å². The molecule has 0 saturated carbocycles. The highest BCUT2D eigenvalue weighted by atomic mass is 35.5. The Balaban J connectivity index is 0.000000845. The molecular weight excluding hydrogens is 223 g/mol. The molecule has 2 aromatic rings. The number of benzene rings is 1. The molecule has 0 aliphatic carbocycles. The number of phenolic OH excluding ortho intramolecular Hbond substituents is 1. The van der Waals surface area contributed by atoms with Gasteiger partial charge >= 0.3 is 0 Å². The van der Waals surface area contributed by atoms with Crippen LogP contribution in [0.5, 0.6) is 5.75 Å². The summed E-state index contributed by atoms with van der Waals surface area (Å²) in [5.41, 5.74) is 5.34. The lowest BCUT2D eigenvalue weighted by Gasteiger charge is -1.98. The van der Waals surface area contributed by atoms with E-state index in [1.165, 1.54) is 0 Å². The van der Waals surface area contributed by atoms with Crippen molar-refractivity contribution in [2.75, 3.05) is 0 Å². The summed E-state index contributed by atoms with van der Waals surface area (Å²) in [6.07, 6.45) is 1.65. The molecule has 76 valence electrons. The third-order valence-corrected chi connectivity index (χ3v) is 1.84. The van der Waals surface area contributed by atoms with E-state index in [1.807, 2.05) is 12.1 Å². The van der Waals surface area contributed by atoms with Crippen LogP contribution in [-0.2, 0) is 0 Å². The standard InChI is InChI=1S/C9H8N2O.2ClH/c10-7-3-4-8(12)9-6(7)2-1-5-11-9;;/h1-5,12H,10H2;2*1H/p-1. The second-order valence-electron chi connectivity index (χ2n) is 2.64. The molecule has 5 heteroatoms. The highest BCUT2D eigenvalue weighted by Gasteiger charge is 2.04. The molecule has 0 aliphatic rings. The average molecular weight is 232 g/mol. The summed E-state index contributed by atoms with van der Waals surface area (Å²) in [7, 11) is 0. The molecule has 1 heterocycles. The van der Waals surface area contributed by atoms with Crippen molar-refractivity contribution in [3.8, 4) is 5.75 Å². The molecule has 0 saturated heterocycles. The maximum Gasteiger partial charge on any atom is 0.142 e. The lowest BCUT2D eigenvalue weighted by molar-refractivity contribution is -0.252. The molecule has 2 rings (SSSR count). The molecular formula is C9H9Cl2N2O-. The monoisotopic (exact) mass is 231 g/mol. The summed E-state index contributed by atoms with van der Waals surface area (Å²) in [5, 5.41) is 10.3. The third-order valence-electron chi connectivity index (χ3n) is 1.84. The number of rotatable bonds is 0. The van der Waals surface area contributed by atoms with E-state index in [-0.39, 0.29) is 30.6 Å². The van der Waals surface area contributed by atoms with Crippen LogP contribution in [0.4, 0.5) is 5.69 Å². The van der Waals surface area contributed by atoms with Crippen LogP contribution < -0.4 is 30.5 Å². The molecule has 0 radical (unpaired) electrons. The van der Waals surface area contributed by atoms with Crippen LogP contribution in [0, 0.1) is 0 Å². The van der Waals surface area contributed by atoms with Gasteiger partial charge in [0.1, 0.15) is 17.0 Å². The summed E-state index contributed by atoms with van der Waals surface area (Å²) in [6, 6.07) is 7.11. The van der Waals surface area contributed by atoms with Crippen LogP contribution >= 0.6 is 0 Å². The number of pyridine rings is 1. The molecule has 4 N–H and O–H groups in total. The van der Waals surface area contributed by atoms with Crippen molar-refractivity contribution >= 4 is 16.6 Å². The Labute approximate surface area is 93.8 Å². The molecule has 0 spiro atoms. The number of hydrogen-bond acceptors (Lipinski definition) is 2. The Morgan fingerprint density at radius 1 is 1.14 bits per heavy atom. The van der Waals surface area contributed by atoms with Crippen molar-refractivity contribution in [1.82, 2.24) is 4.98 Å². The number of halogens is 2. The number of quaternary nitrogens is 1. The number of aromatic hydroxyl groups is 1. The van der Waals surface area contributed by atoms with E-state index in [4.69, 9.17) is 0 Å². The lowest BCUT2D eigenvalue weighted by Crippen LogP contribution is -3.00. The second kappa shape index (κ2) is 5.00. The fourth-order valence-corrected chi connectivity index (χ4v) is 1.22. The smallest absolute Gasteiger partial charge is 0.142 e. The van der Waals surface area contributed by atoms with Crippen LogP contribution in [0.3, 0.4) is 0 Å². The number of fused-ring (bicyclic) bond motifs is 1. The zero-order valence-electron chi connectivity index (χ0n) is 7.24. The van der Waals surface area contributed by atoms with E-state index in [0.29, 0.717) is 5.52 Å². The van der Waals surface area contributed by atoms with Gasteiger partial charge in [0.25, 0.3) is 0 Å². The van der Waals surface area contributed by atoms with Gasteiger partial charge in [-0.2, -0.15) is 0 Å². The predicted octanol–water partition coefficient (Wildman–Crippen LogP) is -5.18. The van der Waals surface area contributed by atoms with Crippen LogP contribution in [-0.4, -0.2) is 10.1 Å². The first-order chi connectivity index (χ1) is 5.79. The number of hydrogen-bond donors (Lipinski definition) is 2. The minimum atomic E-state index is 0. The topological polar surface area (TPSA) is 60.8 Å². The highest BCUT2D eigenvalue weighted by molar-refractivity contribution is 5.91. The molecule has 1 aromatic heterocycles. The minimum Gasteiger partial charge on any atom is -1.00 e. The van der Waals surface area contributed by atoms with Gasteiger partial charge in [0.05, 0.1) is 5.39 Å². The van der Waals surface area contributed by atoms with Gasteiger partial charge in [-0.15, -0.1) is 0 Å². The van der Waals surface area contributed by atoms with Crippen LogP contribution in [0.25, 0.3) is 10.9 Å². The Bertz CT molecular complexity index is 394. The largest absolute Gasteiger partial charge is 1.00 e. The van der Waals surface area contributed by atoms with E-state index >= 15 is 0 Å². The van der Waals surface area contributed by atoms with E-state index in [1.54, 1.807) is 18.3 Å². The molecule has 0 bridgehead atoms. The van der Waals surface area contributed by atoms with Gasteiger partial charge in [-0.05, 0) is 18.2 Å². The van der Waals surface area contributed by atoms with Gasteiger partial charge in [0, 0.05) is 12.3 Å². The van der Waals surface area contributed by atoms with Gasteiger partial charge in [0.2, 0.25) is 0 Å². The lowest BCUT2D eigenvalue weighted by atomic mass is 10.2. The summed E-state index contributed by atoms with van der Waals surface area (Å²) >= 11 is 0. The zero-order valence-corrected chi connectivity index (χ0v) is 8.76. The number of phenols is 1. The van der Waals surface area contributed by atoms with Gasteiger partial charge in [-0.25, -0.2) is 0 Å². The molecule has 14 heavy (non-hydrogen) atoms. The van der Waals surface area contributed by atoms with Crippen molar-refractivity contribution in [3.63, 3.8) is 0 Å². The highest BCUT2D eigenvalue weighted by Crippen LogP contribution is 2.25. The summed E-state index contributed by atoms with van der Waals surface area (Å²) in [6.45, 7) is 0. The van der Waals surface area contributed by atoms with Gasteiger partial charge in [0.15, 0.2) is 0 Å². The van der Waals surface area contributed by atoms with E-state index in [9.17, 15) is 5.11 Å². The normalized spacial score (nSPS) is 8.93. The Kier molecular flexibility index (Phi) is 4.63. The van der Waals surface area contributed by atoms with Crippen LogP contribution in [0.15, 0.2) is 30.5 Å². The Morgan fingerprint density at radius 3 is 2.50 bits per heavy atom. The molecule has 0 atom stereocenters. The Morgan fingerprint density at radius 2 is 1.86 bits per heavy atom. The van der Waals surface area contributed by atoms with Crippen molar-refractivity contribution in [2.24, 2.45) is 0 Å². The summed E-state index contributed by atoms with van der Waals surface area (Å²) in [4.78, 5) is 4.05. The zero-order chi connectivity index (χ0) is 8.55. The summed E-state index contributed by atoms with van der Waals surface area (Å²) < 4.78 is 0. The van der Waals surface area contributed by atoms with Crippen LogP contribution in [0.2, 0.25) is 0 Å². The molecule has 0 aliphatic heterocycles. The second-order valence-corrected chi connectivity index (χ2v) is 2.64.